The van der Waals surface area contributed by atoms with Crippen LogP contribution in [0, 0.1) is 0 Å². The minimum atomic E-state index is -0.290. The van der Waals surface area contributed by atoms with Gasteiger partial charge in [0.1, 0.15) is 0 Å². The van der Waals surface area contributed by atoms with Crippen LogP contribution in [-0.2, 0) is 11.3 Å². The van der Waals surface area contributed by atoms with E-state index >= 15 is 0 Å². The first-order valence-electron chi connectivity index (χ1n) is 7.75. The smallest absolute Gasteiger partial charge is 0.0889 e. The van der Waals surface area contributed by atoms with E-state index in [2.05, 4.69) is 12.0 Å². The van der Waals surface area contributed by atoms with E-state index in [1.54, 1.807) is 6.20 Å². The molecule has 5 heteroatoms. The first kappa shape index (κ1) is 15.8. The van der Waals surface area contributed by atoms with E-state index in [0.29, 0.717) is 11.6 Å². The summed E-state index contributed by atoms with van der Waals surface area (Å²) in [6.45, 7) is 5.56. The zero-order valence-corrected chi connectivity index (χ0v) is 13.3. The van der Waals surface area contributed by atoms with Gasteiger partial charge in [-0.3, -0.25) is 4.68 Å². The highest BCUT2D eigenvalue weighted by Gasteiger charge is 2.41. The predicted octanol–water partition coefficient (Wildman–Crippen LogP) is 3.69. The number of hydrogen-bond donors (Lipinski definition) is 1. The second-order valence-electron chi connectivity index (χ2n) is 5.58. The summed E-state index contributed by atoms with van der Waals surface area (Å²) < 4.78 is 8.07. The molecule has 0 bridgehead atoms. The van der Waals surface area contributed by atoms with Gasteiger partial charge in [0.05, 0.1) is 28.6 Å². The molecule has 1 fully saturated rings. The van der Waals surface area contributed by atoms with E-state index in [9.17, 15) is 0 Å². The molecule has 0 radical (unpaired) electrons. The molecule has 1 aliphatic carbocycles. The number of halogens is 1. The molecule has 1 saturated carbocycles. The summed E-state index contributed by atoms with van der Waals surface area (Å²) in [6, 6.07) is -0.213. The number of nitrogens with zero attached hydrogens (tertiary/aromatic N) is 2. The van der Waals surface area contributed by atoms with Gasteiger partial charge in [0.2, 0.25) is 0 Å². The Kier molecular flexibility index (Phi) is 5.47. The molecule has 1 aromatic rings. The second-order valence-corrected chi connectivity index (χ2v) is 5.99. The summed E-state index contributed by atoms with van der Waals surface area (Å²) in [6.07, 6.45) is 8.58. The normalized spacial score (nSPS) is 20.6. The van der Waals surface area contributed by atoms with Gasteiger partial charge in [-0.25, -0.2) is 0 Å². The Balaban J connectivity index is 2.34. The van der Waals surface area contributed by atoms with Gasteiger partial charge in [0, 0.05) is 13.2 Å². The molecule has 20 heavy (non-hydrogen) atoms. The SMILES string of the molecule is CCOC1(C(N)c2c(Cl)cnn2CC)CCCCCC1. The molecule has 0 aromatic carbocycles. The molecule has 0 aliphatic heterocycles. The van der Waals surface area contributed by atoms with Gasteiger partial charge in [-0.15, -0.1) is 0 Å². The zero-order valence-electron chi connectivity index (χ0n) is 12.6. The molecule has 114 valence electrons. The molecule has 1 aromatic heterocycles. The van der Waals surface area contributed by atoms with Crippen LogP contribution in [0.25, 0.3) is 0 Å². The third-order valence-corrected chi connectivity index (χ3v) is 4.67. The minimum Gasteiger partial charge on any atom is -0.373 e. The Hall–Kier alpha value is -0.580. The molecule has 1 unspecified atom stereocenters. The highest BCUT2D eigenvalue weighted by Crippen LogP contribution is 2.41. The molecule has 2 N–H and O–H groups in total. The molecule has 2 rings (SSSR count). The molecule has 4 nitrogen and oxygen atoms in total. The minimum absolute atomic E-state index is 0.213. The number of hydrogen-bond acceptors (Lipinski definition) is 3. The quantitative estimate of drug-likeness (QED) is 0.844. The summed E-state index contributed by atoms with van der Waals surface area (Å²) in [4.78, 5) is 0. The molecular formula is C15H26ClN3O. The van der Waals surface area contributed by atoms with Crippen molar-refractivity contribution in [3.63, 3.8) is 0 Å². The fourth-order valence-electron chi connectivity index (χ4n) is 3.34. The zero-order chi connectivity index (χ0) is 14.6. The standard InChI is InChI=1S/C15H26ClN3O/c1-3-19-13(12(16)11-18-19)14(17)15(20-4-2)9-7-5-6-8-10-15/h11,14H,3-10,17H2,1-2H3. The van der Waals surface area contributed by atoms with Crippen LogP contribution >= 0.6 is 11.6 Å². The van der Waals surface area contributed by atoms with Gasteiger partial charge >= 0.3 is 0 Å². The Morgan fingerprint density at radius 1 is 1.35 bits per heavy atom. The van der Waals surface area contributed by atoms with Gasteiger partial charge in [0.25, 0.3) is 0 Å². The molecule has 1 atom stereocenters. The fourth-order valence-corrected chi connectivity index (χ4v) is 3.60. The molecule has 0 spiro atoms. The van der Waals surface area contributed by atoms with Gasteiger partial charge in [0.15, 0.2) is 0 Å². The third-order valence-electron chi connectivity index (χ3n) is 4.38. The first-order chi connectivity index (χ1) is 9.64. The van der Waals surface area contributed by atoms with Gasteiger partial charge in [-0.05, 0) is 26.7 Å². The highest BCUT2D eigenvalue weighted by atomic mass is 35.5. The van der Waals surface area contributed by atoms with Crippen molar-refractivity contribution in [2.24, 2.45) is 5.73 Å². The highest BCUT2D eigenvalue weighted by molar-refractivity contribution is 6.31. The van der Waals surface area contributed by atoms with Crippen molar-refractivity contribution in [2.45, 2.75) is 70.6 Å². The van der Waals surface area contributed by atoms with Crippen molar-refractivity contribution in [1.82, 2.24) is 9.78 Å². The van der Waals surface area contributed by atoms with Gasteiger partial charge in [-0.1, -0.05) is 37.3 Å². The van der Waals surface area contributed by atoms with Crippen LogP contribution in [-0.4, -0.2) is 22.0 Å². The van der Waals surface area contributed by atoms with Crippen molar-refractivity contribution in [3.8, 4) is 0 Å². The molecule has 0 saturated heterocycles. The summed E-state index contributed by atoms with van der Waals surface area (Å²) in [5, 5.41) is 4.97. The molecule has 0 amide bonds. The Morgan fingerprint density at radius 2 is 2.00 bits per heavy atom. The van der Waals surface area contributed by atoms with Crippen molar-refractivity contribution in [1.29, 1.82) is 0 Å². The van der Waals surface area contributed by atoms with E-state index in [1.807, 2.05) is 11.6 Å². The Morgan fingerprint density at radius 3 is 2.55 bits per heavy atom. The van der Waals surface area contributed by atoms with Crippen LogP contribution in [0.2, 0.25) is 5.02 Å². The maximum Gasteiger partial charge on any atom is 0.0889 e. The number of aryl methyl sites for hydroxylation is 1. The second kappa shape index (κ2) is 6.92. The molecule has 1 aliphatic rings. The van der Waals surface area contributed by atoms with Crippen molar-refractivity contribution in [3.05, 3.63) is 16.9 Å². The number of rotatable bonds is 5. The maximum atomic E-state index is 6.61. The van der Waals surface area contributed by atoms with Crippen molar-refractivity contribution in [2.75, 3.05) is 6.61 Å². The Bertz CT molecular complexity index is 425. The number of aromatic nitrogens is 2. The van der Waals surface area contributed by atoms with E-state index < -0.39 is 0 Å². The maximum absolute atomic E-state index is 6.61. The summed E-state index contributed by atoms with van der Waals surface area (Å²) in [7, 11) is 0. The van der Waals surface area contributed by atoms with E-state index in [4.69, 9.17) is 22.1 Å². The fraction of sp³-hybridized carbons (Fsp3) is 0.800. The van der Waals surface area contributed by atoms with Crippen LogP contribution in [0.1, 0.15) is 64.1 Å². The Labute approximate surface area is 126 Å². The lowest BCUT2D eigenvalue weighted by Gasteiger charge is -2.38. The van der Waals surface area contributed by atoms with Crippen LogP contribution < -0.4 is 5.73 Å². The molecule has 1 heterocycles. The number of nitrogens with two attached hydrogens (primary N) is 1. The summed E-state index contributed by atoms with van der Waals surface area (Å²) in [5.74, 6) is 0. The van der Waals surface area contributed by atoms with Crippen LogP contribution in [0.4, 0.5) is 0 Å². The monoisotopic (exact) mass is 299 g/mol. The van der Waals surface area contributed by atoms with Crippen LogP contribution in [0.3, 0.4) is 0 Å². The average molecular weight is 300 g/mol. The average Bonchev–Trinajstić information content (AvgIpc) is 2.66. The lowest BCUT2D eigenvalue weighted by atomic mass is 9.84. The van der Waals surface area contributed by atoms with E-state index in [1.165, 1.54) is 25.7 Å². The van der Waals surface area contributed by atoms with Crippen LogP contribution in [0.5, 0.6) is 0 Å². The lowest BCUT2D eigenvalue weighted by molar-refractivity contribution is -0.0711. The molecular weight excluding hydrogens is 274 g/mol. The number of ether oxygens (including phenoxy) is 1. The van der Waals surface area contributed by atoms with Gasteiger partial charge < -0.3 is 10.5 Å². The largest absolute Gasteiger partial charge is 0.373 e. The van der Waals surface area contributed by atoms with Gasteiger partial charge in [-0.2, -0.15) is 5.10 Å². The van der Waals surface area contributed by atoms with Crippen molar-refractivity contribution < 1.29 is 4.74 Å². The topological polar surface area (TPSA) is 53.1 Å². The predicted molar refractivity (Wildman–Crippen MR) is 81.9 cm³/mol. The lowest BCUT2D eigenvalue weighted by Crippen LogP contribution is -2.44. The summed E-state index contributed by atoms with van der Waals surface area (Å²) in [5.41, 5.74) is 7.24. The first-order valence-corrected chi connectivity index (χ1v) is 8.13. The summed E-state index contributed by atoms with van der Waals surface area (Å²) >= 11 is 6.32. The van der Waals surface area contributed by atoms with Crippen LogP contribution in [0.15, 0.2) is 6.20 Å². The van der Waals surface area contributed by atoms with E-state index in [-0.39, 0.29) is 11.6 Å². The third kappa shape index (κ3) is 3.02. The van der Waals surface area contributed by atoms with E-state index in [0.717, 1.165) is 25.1 Å². The van der Waals surface area contributed by atoms with Crippen molar-refractivity contribution >= 4 is 11.6 Å².